The van der Waals surface area contributed by atoms with E-state index < -0.39 is 0 Å². The van der Waals surface area contributed by atoms with Crippen LogP contribution in [0.5, 0.6) is 5.75 Å². The molecular formula is C23H25ClN2O3. The molecule has 29 heavy (non-hydrogen) atoms. The lowest BCUT2D eigenvalue weighted by Gasteiger charge is -2.22. The summed E-state index contributed by atoms with van der Waals surface area (Å²) >= 11 is 6.13. The molecule has 0 spiro atoms. The highest BCUT2D eigenvalue weighted by molar-refractivity contribution is 6.31. The van der Waals surface area contributed by atoms with E-state index in [1.54, 1.807) is 24.3 Å². The van der Waals surface area contributed by atoms with Crippen molar-refractivity contribution in [3.05, 3.63) is 58.1 Å². The van der Waals surface area contributed by atoms with E-state index in [4.69, 9.17) is 16.3 Å². The molecule has 6 heteroatoms. The summed E-state index contributed by atoms with van der Waals surface area (Å²) in [5.74, 6) is 0.631. The quantitative estimate of drug-likeness (QED) is 0.738. The maximum absolute atomic E-state index is 12.9. The Kier molecular flexibility index (Phi) is 6.05. The first-order valence-corrected chi connectivity index (χ1v) is 10.6. The molecular weight excluding hydrogens is 388 g/mol. The topological polar surface area (TPSA) is 67.4 Å². The van der Waals surface area contributed by atoms with Crippen molar-refractivity contribution in [1.82, 2.24) is 5.32 Å². The molecule has 0 radical (unpaired) electrons. The summed E-state index contributed by atoms with van der Waals surface area (Å²) in [7, 11) is 0. The summed E-state index contributed by atoms with van der Waals surface area (Å²) in [6.07, 6.45) is 6.83. The molecule has 1 aliphatic heterocycles. The Balaban J connectivity index is 1.50. The van der Waals surface area contributed by atoms with E-state index in [0.717, 1.165) is 24.8 Å². The van der Waals surface area contributed by atoms with E-state index in [1.165, 1.54) is 19.3 Å². The number of hydrogen-bond acceptors (Lipinski definition) is 3. The van der Waals surface area contributed by atoms with Crippen LogP contribution >= 0.6 is 11.6 Å². The van der Waals surface area contributed by atoms with Crippen LogP contribution in [0.1, 0.15) is 58.4 Å². The highest BCUT2D eigenvalue weighted by Gasteiger charge is 2.22. The predicted octanol–water partition coefficient (Wildman–Crippen LogP) is 4.84. The number of carbonyl (C=O) groups is 2. The van der Waals surface area contributed by atoms with Gasteiger partial charge in [0.2, 0.25) is 0 Å². The maximum atomic E-state index is 12.9. The van der Waals surface area contributed by atoms with Crippen molar-refractivity contribution in [3.8, 4) is 5.75 Å². The van der Waals surface area contributed by atoms with Gasteiger partial charge in [-0.2, -0.15) is 0 Å². The molecule has 1 fully saturated rings. The third kappa shape index (κ3) is 4.56. The van der Waals surface area contributed by atoms with Gasteiger partial charge in [0.05, 0.1) is 23.4 Å². The molecule has 1 saturated carbocycles. The zero-order chi connectivity index (χ0) is 20.2. The van der Waals surface area contributed by atoms with Crippen LogP contribution < -0.4 is 15.4 Å². The van der Waals surface area contributed by atoms with Crippen LogP contribution in [0.25, 0.3) is 0 Å². The molecule has 0 bridgehead atoms. The monoisotopic (exact) mass is 412 g/mol. The summed E-state index contributed by atoms with van der Waals surface area (Å²) in [5, 5.41) is 6.34. The highest BCUT2D eigenvalue weighted by atomic mass is 35.5. The van der Waals surface area contributed by atoms with Crippen molar-refractivity contribution in [2.75, 3.05) is 18.5 Å². The highest BCUT2D eigenvalue weighted by Crippen LogP contribution is 2.31. The molecule has 1 aliphatic carbocycles. The molecule has 2 aromatic rings. The second kappa shape index (κ2) is 8.87. The second-order valence-electron chi connectivity index (χ2n) is 7.75. The molecule has 0 saturated heterocycles. The van der Waals surface area contributed by atoms with E-state index in [9.17, 15) is 9.59 Å². The number of amides is 2. The number of para-hydroxylation sites is 1. The number of hydrogen-bond donors (Lipinski definition) is 2. The fourth-order valence-electron chi connectivity index (χ4n) is 4.12. The van der Waals surface area contributed by atoms with E-state index in [2.05, 4.69) is 10.6 Å². The number of anilines is 1. The van der Waals surface area contributed by atoms with Gasteiger partial charge >= 0.3 is 0 Å². The molecule has 0 unspecified atom stereocenters. The van der Waals surface area contributed by atoms with E-state index in [0.29, 0.717) is 46.7 Å². The molecule has 2 N–H and O–H groups in total. The number of rotatable bonds is 5. The van der Waals surface area contributed by atoms with Crippen LogP contribution in [0.4, 0.5) is 5.69 Å². The maximum Gasteiger partial charge on any atom is 0.259 e. The fraction of sp³-hybridized carbons (Fsp3) is 0.391. The lowest BCUT2D eigenvalue weighted by molar-refractivity contribution is 0.0944. The lowest BCUT2D eigenvalue weighted by Crippen LogP contribution is -2.31. The average Bonchev–Trinajstić information content (AvgIpc) is 3.23. The number of halogens is 1. The van der Waals surface area contributed by atoms with Crippen molar-refractivity contribution in [1.29, 1.82) is 0 Å². The molecule has 2 amide bonds. The minimum Gasteiger partial charge on any atom is -0.492 e. The molecule has 1 heterocycles. The third-order valence-corrected chi connectivity index (χ3v) is 5.94. The van der Waals surface area contributed by atoms with Crippen molar-refractivity contribution < 1.29 is 14.3 Å². The number of carbonyl (C=O) groups excluding carboxylic acids is 2. The number of nitrogens with one attached hydrogen (secondary N) is 2. The normalized spacial score (nSPS) is 16.0. The Morgan fingerprint density at radius 3 is 2.69 bits per heavy atom. The molecule has 0 atom stereocenters. The predicted molar refractivity (Wildman–Crippen MR) is 114 cm³/mol. The Labute approximate surface area is 175 Å². The number of ether oxygens (including phenoxy) is 1. The van der Waals surface area contributed by atoms with Crippen LogP contribution in [0.3, 0.4) is 0 Å². The standard InChI is InChI=1S/C23H25ClN2O3/c24-17-9-10-20(19(13-17)22(27)25-14-15-5-2-1-3-6-15)26-23(28)18-8-4-7-16-11-12-29-21(16)18/h4,7-10,13,15H,1-3,5-6,11-12,14H2,(H,25,27)(H,26,28). The van der Waals surface area contributed by atoms with Crippen LogP contribution in [0, 0.1) is 5.92 Å². The number of benzene rings is 2. The minimum absolute atomic E-state index is 0.220. The van der Waals surface area contributed by atoms with Gasteiger partial charge in [-0.1, -0.05) is 43.0 Å². The van der Waals surface area contributed by atoms with E-state index >= 15 is 0 Å². The largest absolute Gasteiger partial charge is 0.492 e. The molecule has 152 valence electrons. The van der Waals surface area contributed by atoms with Crippen molar-refractivity contribution in [3.63, 3.8) is 0 Å². The van der Waals surface area contributed by atoms with Gasteiger partial charge in [-0.25, -0.2) is 0 Å². The first-order valence-electron chi connectivity index (χ1n) is 10.3. The Morgan fingerprint density at radius 2 is 1.86 bits per heavy atom. The second-order valence-corrected chi connectivity index (χ2v) is 8.19. The van der Waals surface area contributed by atoms with Gasteiger partial charge < -0.3 is 15.4 Å². The van der Waals surface area contributed by atoms with Crippen LogP contribution in [0.15, 0.2) is 36.4 Å². The van der Waals surface area contributed by atoms with Crippen molar-refractivity contribution in [2.24, 2.45) is 5.92 Å². The van der Waals surface area contributed by atoms with Gasteiger partial charge in [-0.15, -0.1) is 0 Å². The summed E-state index contributed by atoms with van der Waals surface area (Å²) in [4.78, 5) is 25.7. The molecule has 4 rings (SSSR count). The van der Waals surface area contributed by atoms with Gasteiger partial charge in [-0.3, -0.25) is 9.59 Å². The fourth-order valence-corrected chi connectivity index (χ4v) is 4.29. The summed E-state index contributed by atoms with van der Waals surface area (Å²) in [6, 6.07) is 10.5. The Bertz CT molecular complexity index is 922. The average molecular weight is 413 g/mol. The van der Waals surface area contributed by atoms with Crippen molar-refractivity contribution in [2.45, 2.75) is 38.5 Å². The van der Waals surface area contributed by atoms with Gasteiger partial charge in [-0.05, 0) is 48.6 Å². The third-order valence-electron chi connectivity index (χ3n) is 5.71. The van der Waals surface area contributed by atoms with Crippen LogP contribution in [-0.2, 0) is 6.42 Å². The van der Waals surface area contributed by atoms with E-state index in [-0.39, 0.29) is 11.8 Å². The lowest BCUT2D eigenvalue weighted by atomic mass is 9.89. The summed E-state index contributed by atoms with van der Waals surface area (Å²) in [5.41, 5.74) is 2.31. The van der Waals surface area contributed by atoms with Gasteiger partial charge in [0.1, 0.15) is 5.75 Å². The van der Waals surface area contributed by atoms with Gasteiger partial charge in [0.15, 0.2) is 0 Å². The Hall–Kier alpha value is -2.53. The van der Waals surface area contributed by atoms with E-state index in [1.807, 2.05) is 12.1 Å². The minimum atomic E-state index is -0.299. The molecule has 2 aliphatic rings. The SMILES string of the molecule is O=C(NCC1CCCCC1)c1cc(Cl)ccc1NC(=O)c1cccc2c1OCC2. The zero-order valence-corrected chi connectivity index (χ0v) is 17.1. The zero-order valence-electron chi connectivity index (χ0n) is 16.3. The first-order chi connectivity index (χ1) is 14.1. The molecule has 0 aromatic heterocycles. The Morgan fingerprint density at radius 1 is 1.03 bits per heavy atom. The van der Waals surface area contributed by atoms with Gasteiger partial charge in [0, 0.05) is 18.0 Å². The van der Waals surface area contributed by atoms with Crippen LogP contribution in [0.2, 0.25) is 5.02 Å². The smallest absolute Gasteiger partial charge is 0.259 e. The number of fused-ring (bicyclic) bond motifs is 1. The molecule has 2 aromatic carbocycles. The molecule has 5 nitrogen and oxygen atoms in total. The van der Waals surface area contributed by atoms with Gasteiger partial charge in [0.25, 0.3) is 11.8 Å². The van der Waals surface area contributed by atoms with Crippen molar-refractivity contribution >= 4 is 29.1 Å². The van der Waals surface area contributed by atoms with Crippen LogP contribution in [-0.4, -0.2) is 25.0 Å². The summed E-state index contributed by atoms with van der Waals surface area (Å²) in [6.45, 7) is 1.23. The summed E-state index contributed by atoms with van der Waals surface area (Å²) < 4.78 is 5.63. The first kappa shape index (κ1) is 19.8.